The minimum absolute atomic E-state index is 0.362. The molecule has 140 valence electrons. The van der Waals surface area contributed by atoms with Crippen molar-refractivity contribution >= 4 is 49.0 Å². The van der Waals surface area contributed by atoms with Gasteiger partial charge in [0.15, 0.2) is 0 Å². The number of nitrogens with zero attached hydrogens (tertiary/aromatic N) is 2. The molecule has 0 N–H and O–H groups in total. The zero-order chi connectivity index (χ0) is 17.8. The second kappa shape index (κ2) is 8.98. The molecule has 0 bridgehead atoms. The smallest absolute Gasteiger partial charge is 0.222 e. The Balaban J connectivity index is 1.20. The van der Waals surface area contributed by atoms with Crippen LogP contribution in [0.1, 0.15) is 55.9 Å². The third-order valence-electron chi connectivity index (χ3n) is 5.40. The van der Waals surface area contributed by atoms with Gasteiger partial charge in [0.1, 0.15) is 0 Å². The predicted molar refractivity (Wildman–Crippen MR) is 115 cm³/mol. The van der Waals surface area contributed by atoms with E-state index in [1.807, 2.05) is 32.9 Å². The summed E-state index contributed by atoms with van der Waals surface area (Å²) in [6.45, 7) is 1.79. The highest BCUT2D eigenvalue weighted by molar-refractivity contribution is 8.77. The maximum absolute atomic E-state index is 12.5. The van der Waals surface area contributed by atoms with E-state index in [9.17, 15) is 4.79 Å². The minimum atomic E-state index is 0.362. The van der Waals surface area contributed by atoms with Crippen LogP contribution in [0.5, 0.6) is 0 Å². The molecule has 0 saturated carbocycles. The summed E-state index contributed by atoms with van der Waals surface area (Å²) in [5.41, 5.74) is 1.12. The number of carbonyl (C=O) groups excluding carboxylic acids is 1. The molecule has 1 amide bonds. The number of aromatic nitrogens is 1. The van der Waals surface area contributed by atoms with Crippen LogP contribution in [-0.4, -0.2) is 39.9 Å². The number of unbranched alkanes of at least 4 members (excludes halogenated alkanes) is 1. The van der Waals surface area contributed by atoms with Gasteiger partial charge in [0.25, 0.3) is 0 Å². The molecule has 0 spiro atoms. The van der Waals surface area contributed by atoms with Crippen molar-refractivity contribution in [3.63, 3.8) is 0 Å². The van der Waals surface area contributed by atoms with Crippen LogP contribution in [0.4, 0.5) is 0 Å². The molecule has 1 atom stereocenters. The molecule has 6 heteroatoms. The molecular formula is C20H26N2OS3. The molecular weight excluding hydrogens is 380 g/mol. The van der Waals surface area contributed by atoms with Crippen LogP contribution in [0, 0.1) is 0 Å². The number of fused-ring (bicyclic) bond motifs is 1. The van der Waals surface area contributed by atoms with E-state index < -0.39 is 0 Å². The largest absolute Gasteiger partial charge is 0.343 e. The predicted octanol–water partition coefficient (Wildman–Crippen LogP) is 5.72. The zero-order valence-electron chi connectivity index (χ0n) is 15.1. The normalized spacial score (nSPS) is 21.5. The lowest BCUT2D eigenvalue weighted by Gasteiger charge is -2.31. The summed E-state index contributed by atoms with van der Waals surface area (Å²) in [5, 5.41) is 2.09. The van der Waals surface area contributed by atoms with Crippen molar-refractivity contribution in [2.75, 3.05) is 18.8 Å². The highest BCUT2D eigenvalue weighted by atomic mass is 33.1. The van der Waals surface area contributed by atoms with Crippen LogP contribution >= 0.6 is 32.9 Å². The first kappa shape index (κ1) is 18.6. The fourth-order valence-corrected chi connectivity index (χ4v) is 7.98. The van der Waals surface area contributed by atoms with Gasteiger partial charge in [-0.25, -0.2) is 4.98 Å². The lowest BCUT2D eigenvalue weighted by molar-refractivity contribution is -0.132. The van der Waals surface area contributed by atoms with E-state index in [2.05, 4.69) is 29.2 Å². The number of rotatable bonds is 6. The standard InChI is InChI=1S/C20H26N2OS3/c23-19(8-4-1-5-16-11-14-24-26-16)22-12-9-15(10-13-22)20-21-17-6-2-3-7-18(17)25-20/h2-3,6-7,15-16H,1,4-5,8-14H2. The first-order chi connectivity index (χ1) is 12.8. The third-order valence-corrected chi connectivity index (χ3v) is 9.61. The quantitative estimate of drug-likeness (QED) is 0.454. The van der Waals surface area contributed by atoms with Crippen LogP contribution in [0.2, 0.25) is 0 Å². The van der Waals surface area contributed by atoms with Crippen LogP contribution in [0.3, 0.4) is 0 Å². The van der Waals surface area contributed by atoms with Crippen molar-refractivity contribution < 1.29 is 4.79 Å². The average molecular weight is 407 g/mol. The van der Waals surface area contributed by atoms with E-state index in [0.29, 0.717) is 11.8 Å². The summed E-state index contributed by atoms with van der Waals surface area (Å²) in [5.74, 6) is 2.19. The van der Waals surface area contributed by atoms with Crippen LogP contribution in [0.15, 0.2) is 24.3 Å². The molecule has 2 aliphatic heterocycles. The molecule has 1 aromatic carbocycles. The van der Waals surface area contributed by atoms with Crippen LogP contribution < -0.4 is 0 Å². The number of hydrogen-bond donors (Lipinski definition) is 0. The van der Waals surface area contributed by atoms with E-state index in [1.54, 1.807) is 0 Å². The van der Waals surface area contributed by atoms with Crippen molar-refractivity contribution in [2.24, 2.45) is 0 Å². The molecule has 3 heterocycles. The maximum atomic E-state index is 12.5. The summed E-state index contributed by atoms with van der Waals surface area (Å²) in [4.78, 5) is 19.4. The van der Waals surface area contributed by atoms with Crippen molar-refractivity contribution in [3.8, 4) is 0 Å². The molecule has 4 rings (SSSR count). The summed E-state index contributed by atoms with van der Waals surface area (Å²) >= 11 is 1.82. The molecule has 0 radical (unpaired) electrons. The van der Waals surface area contributed by atoms with Gasteiger partial charge in [-0.2, -0.15) is 0 Å². The molecule has 2 aromatic rings. The van der Waals surface area contributed by atoms with Crippen molar-refractivity contribution in [2.45, 2.75) is 56.1 Å². The van der Waals surface area contributed by atoms with E-state index >= 15 is 0 Å². The topological polar surface area (TPSA) is 33.2 Å². The highest BCUT2D eigenvalue weighted by Gasteiger charge is 2.25. The number of amides is 1. The zero-order valence-corrected chi connectivity index (χ0v) is 17.5. The van der Waals surface area contributed by atoms with Gasteiger partial charge in [-0.05, 0) is 44.2 Å². The summed E-state index contributed by atoms with van der Waals surface area (Å²) in [7, 11) is 4.05. The number of piperidine rings is 1. The minimum Gasteiger partial charge on any atom is -0.343 e. The maximum Gasteiger partial charge on any atom is 0.222 e. The number of hydrogen-bond acceptors (Lipinski definition) is 5. The van der Waals surface area contributed by atoms with Crippen molar-refractivity contribution in [3.05, 3.63) is 29.3 Å². The molecule has 2 fully saturated rings. The molecule has 2 saturated heterocycles. The van der Waals surface area contributed by atoms with Gasteiger partial charge in [-0.3, -0.25) is 4.79 Å². The summed E-state index contributed by atoms with van der Waals surface area (Å²) in [6, 6.07) is 8.38. The Hall–Kier alpha value is -0.720. The molecule has 2 aliphatic rings. The molecule has 0 aliphatic carbocycles. The Morgan fingerprint density at radius 1 is 1.15 bits per heavy atom. The SMILES string of the molecule is O=C(CCCCC1CCSS1)N1CCC(c2nc3ccccc3s2)CC1. The van der Waals surface area contributed by atoms with E-state index in [0.717, 1.165) is 49.5 Å². The molecule has 3 nitrogen and oxygen atoms in total. The Labute approximate surface area is 167 Å². The second-order valence-electron chi connectivity index (χ2n) is 7.25. The van der Waals surface area contributed by atoms with Gasteiger partial charge >= 0.3 is 0 Å². The monoisotopic (exact) mass is 406 g/mol. The Bertz CT molecular complexity index is 700. The van der Waals surface area contributed by atoms with Crippen molar-refractivity contribution in [1.82, 2.24) is 9.88 Å². The lowest BCUT2D eigenvalue weighted by Crippen LogP contribution is -2.37. The molecule has 1 unspecified atom stereocenters. The average Bonchev–Trinajstić information content (AvgIpc) is 3.34. The van der Waals surface area contributed by atoms with E-state index in [4.69, 9.17) is 4.98 Å². The second-order valence-corrected chi connectivity index (χ2v) is 11.1. The van der Waals surface area contributed by atoms with Gasteiger partial charge < -0.3 is 4.90 Å². The number of benzene rings is 1. The summed E-state index contributed by atoms with van der Waals surface area (Å²) < 4.78 is 1.28. The number of thiazole rings is 1. The van der Waals surface area contributed by atoms with Gasteiger partial charge in [-0.15, -0.1) is 11.3 Å². The van der Waals surface area contributed by atoms with Crippen LogP contribution in [0.25, 0.3) is 10.2 Å². The molecule has 26 heavy (non-hydrogen) atoms. The third kappa shape index (κ3) is 4.57. The fraction of sp³-hybridized carbons (Fsp3) is 0.600. The van der Waals surface area contributed by atoms with E-state index in [-0.39, 0.29) is 0 Å². The first-order valence-corrected chi connectivity index (χ1v) is 12.9. The van der Waals surface area contributed by atoms with Gasteiger partial charge in [-0.1, -0.05) is 40.1 Å². The van der Waals surface area contributed by atoms with Gasteiger partial charge in [0, 0.05) is 36.4 Å². The van der Waals surface area contributed by atoms with Crippen LogP contribution in [-0.2, 0) is 4.79 Å². The summed E-state index contributed by atoms with van der Waals surface area (Å²) in [6.07, 6.45) is 7.73. The Morgan fingerprint density at radius 2 is 2.00 bits per heavy atom. The highest BCUT2D eigenvalue weighted by Crippen LogP contribution is 2.40. The number of likely N-dealkylation sites (tertiary alicyclic amines) is 1. The Morgan fingerprint density at radius 3 is 2.77 bits per heavy atom. The van der Waals surface area contributed by atoms with Gasteiger partial charge in [0.05, 0.1) is 15.2 Å². The molecule has 1 aromatic heterocycles. The lowest BCUT2D eigenvalue weighted by atomic mass is 9.97. The fourth-order valence-electron chi connectivity index (χ4n) is 3.81. The Kier molecular flexibility index (Phi) is 6.44. The van der Waals surface area contributed by atoms with Crippen molar-refractivity contribution in [1.29, 1.82) is 0 Å². The van der Waals surface area contributed by atoms with E-state index in [1.165, 1.54) is 34.7 Å². The number of carbonyl (C=O) groups is 1. The first-order valence-electron chi connectivity index (χ1n) is 9.71. The number of para-hydroxylation sites is 1. The van der Waals surface area contributed by atoms with Gasteiger partial charge in [0.2, 0.25) is 5.91 Å².